The predicted octanol–water partition coefficient (Wildman–Crippen LogP) is 4.46. The first-order valence-electron chi connectivity index (χ1n) is 8.96. The Balaban J connectivity index is 1.44. The molecule has 0 heterocycles. The smallest absolute Gasteiger partial charge is 0.238 e. The number of carbonyl (C=O) groups excluding carboxylic acids is 1. The van der Waals surface area contributed by atoms with Crippen LogP contribution in [0.25, 0.3) is 0 Å². The Morgan fingerprint density at radius 3 is 2.33 bits per heavy atom. The molecule has 1 aliphatic rings. The third-order valence-corrected chi connectivity index (χ3v) is 4.73. The van der Waals surface area contributed by atoms with E-state index in [0.717, 1.165) is 5.69 Å². The van der Waals surface area contributed by atoms with E-state index >= 15 is 0 Å². The van der Waals surface area contributed by atoms with Gasteiger partial charge in [0.15, 0.2) is 0 Å². The van der Waals surface area contributed by atoms with Gasteiger partial charge in [-0.2, -0.15) is 0 Å². The molecule has 0 atom stereocenters. The zero-order chi connectivity index (χ0) is 16.6. The Hall–Kier alpha value is -2.13. The fraction of sp³-hybridized carbons (Fsp3) is 0.381. The van der Waals surface area contributed by atoms with E-state index in [1.807, 2.05) is 30.3 Å². The monoisotopic (exact) mass is 322 g/mol. The summed E-state index contributed by atoms with van der Waals surface area (Å²) in [7, 11) is 0. The third-order valence-electron chi connectivity index (χ3n) is 4.73. The maximum atomic E-state index is 12.0. The molecular weight excluding hydrogens is 296 g/mol. The topological polar surface area (TPSA) is 41.1 Å². The number of rotatable bonds is 6. The Bertz CT molecular complexity index is 631. The van der Waals surface area contributed by atoms with Crippen molar-refractivity contribution in [1.29, 1.82) is 0 Å². The summed E-state index contributed by atoms with van der Waals surface area (Å²) in [6.45, 7) is 1.02. The molecule has 0 unspecified atom stereocenters. The van der Waals surface area contributed by atoms with Gasteiger partial charge in [-0.05, 0) is 42.0 Å². The van der Waals surface area contributed by atoms with Gasteiger partial charge in [-0.15, -0.1) is 0 Å². The maximum Gasteiger partial charge on any atom is 0.238 e. The Morgan fingerprint density at radius 1 is 0.917 bits per heavy atom. The molecule has 126 valence electrons. The van der Waals surface area contributed by atoms with Crippen molar-refractivity contribution in [1.82, 2.24) is 5.32 Å². The van der Waals surface area contributed by atoms with Crippen LogP contribution in [0.3, 0.4) is 0 Å². The molecule has 3 nitrogen and oxygen atoms in total. The predicted molar refractivity (Wildman–Crippen MR) is 99.0 cm³/mol. The van der Waals surface area contributed by atoms with Gasteiger partial charge in [0.25, 0.3) is 0 Å². The lowest BCUT2D eigenvalue weighted by atomic mass is 9.84. The minimum absolute atomic E-state index is 0.00338. The van der Waals surface area contributed by atoms with Crippen LogP contribution in [0.5, 0.6) is 0 Å². The molecule has 1 fully saturated rings. The lowest BCUT2D eigenvalue weighted by Crippen LogP contribution is -2.27. The standard InChI is InChI=1S/C21H26N2O/c24-21(16-22-15-17-7-3-1-4-8-17)23-20-13-11-19(12-14-20)18-9-5-2-6-10-18/h1,3-4,7-8,11-14,18,22H,2,5-6,9-10,15-16H2,(H,23,24). The molecule has 1 amide bonds. The quantitative estimate of drug-likeness (QED) is 0.824. The van der Waals surface area contributed by atoms with E-state index in [0.29, 0.717) is 19.0 Å². The van der Waals surface area contributed by atoms with E-state index < -0.39 is 0 Å². The van der Waals surface area contributed by atoms with Crippen molar-refractivity contribution in [3.8, 4) is 0 Å². The first-order valence-corrected chi connectivity index (χ1v) is 8.96. The first-order chi connectivity index (χ1) is 11.8. The van der Waals surface area contributed by atoms with Crippen molar-refractivity contribution in [2.24, 2.45) is 0 Å². The van der Waals surface area contributed by atoms with Crippen LogP contribution < -0.4 is 10.6 Å². The number of carbonyl (C=O) groups is 1. The molecular formula is C21H26N2O. The first kappa shape index (κ1) is 16.7. The lowest BCUT2D eigenvalue weighted by molar-refractivity contribution is -0.115. The Labute approximate surface area is 144 Å². The number of nitrogens with one attached hydrogen (secondary N) is 2. The fourth-order valence-corrected chi connectivity index (χ4v) is 3.40. The summed E-state index contributed by atoms with van der Waals surface area (Å²) in [5, 5.41) is 6.13. The van der Waals surface area contributed by atoms with Crippen molar-refractivity contribution >= 4 is 11.6 Å². The van der Waals surface area contributed by atoms with Crippen molar-refractivity contribution in [2.45, 2.75) is 44.6 Å². The zero-order valence-electron chi connectivity index (χ0n) is 14.1. The summed E-state index contributed by atoms with van der Waals surface area (Å²) >= 11 is 0. The molecule has 0 aliphatic heterocycles. The van der Waals surface area contributed by atoms with Gasteiger partial charge < -0.3 is 10.6 Å². The van der Waals surface area contributed by atoms with Crippen LogP contribution in [0.15, 0.2) is 54.6 Å². The van der Waals surface area contributed by atoms with Gasteiger partial charge in [0.1, 0.15) is 0 Å². The lowest BCUT2D eigenvalue weighted by Gasteiger charge is -2.22. The van der Waals surface area contributed by atoms with Crippen molar-refractivity contribution < 1.29 is 4.79 Å². The SMILES string of the molecule is O=C(CNCc1ccccc1)Nc1ccc(C2CCCCC2)cc1. The highest BCUT2D eigenvalue weighted by atomic mass is 16.1. The summed E-state index contributed by atoms with van der Waals surface area (Å²) < 4.78 is 0. The maximum absolute atomic E-state index is 12.0. The molecule has 0 bridgehead atoms. The number of amides is 1. The van der Waals surface area contributed by atoms with Crippen LogP contribution in [-0.2, 0) is 11.3 Å². The van der Waals surface area contributed by atoms with Gasteiger partial charge in [-0.3, -0.25) is 4.79 Å². The highest BCUT2D eigenvalue weighted by Crippen LogP contribution is 2.32. The molecule has 2 N–H and O–H groups in total. The van der Waals surface area contributed by atoms with Gasteiger partial charge >= 0.3 is 0 Å². The second kappa shape index (κ2) is 8.65. The average molecular weight is 322 g/mol. The largest absolute Gasteiger partial charge is 0.325 e. The van der Waals surface area contributed by atoms with E-state index in [2.05, 4.69) is 34.9 Å². The molecule has 3 heteroatoms. The van der Waals surface area contributed by atoms with Gasteiger partial charge in [0.05, 0.1) is 6.54 Å². The fourth-order valence-electron chi connectivity index (χ4n) is 3.40. The molecule has 2 aromatic carbocycles. The van der Waals surface area contributed by atoms with Crippen LogP contribution in [0, 0.1) is 0 Å². The summed E-state index contributed by atoms with van der Waals surface area (Å²) in [5.41, 5.74) is 3.47. The number of hydrogen-bond acceptors (Lipinski definition) is 2. The summed E-state index contributed by atoms with van der Waals surface area (Å²) in [6.07, 6.45) is 6.66. The van der Waals surface area contributed by atoms with E-state index in [-0.39, 0.29) is 5.91 Å². The normalized spacial score (nSPS) is 15.2. The molecule has 2 aromatic rings. The molecule has 0 saturated heterocycles. The van der Waals surface area contributed by atoms with E-state index in [1.54, 1.807) is 0 Å². The molecule has 3 rings (SSSR count). The van der Waals surface area contributed by atoms with Crippen molar-refractivity contribution in [2.75, 3.05) is 11.9 Å². The summed E-state index contributed by atoms with van der Waals surface area (Å²) in [5.74, 6) is 0.701. The molecule has 0 radical (unpaired) electrons. The second-order valence-corrected chi connectivity index (χ2v) is 6.59. The van der Waals surface area contributed by atoms with E-state index in [4.69, 9.17) is 0 Å². The zero-order valence-corrected chi connectivity index (χ0v) is 14.1. The molecule has 24 heavy (non-hydrogen) atoms. The van der Waals surface area contributed by atoms with Gasteiger partial charge in [-0.1, -0.05) is 61.7 Å². The number of benzene rings is 2. The highest BCUT2D eigenvalue weighted by Gasteiger charge is 2.15. The molecule has 1 aliphatic carbocycles. The minimum atomic E-state index is -0.00338. The number of anilines is 1. The minimum Gasteiger partial charge on any atom is -0.325 e. The summed E-state index contributed by atoms with van der Waals surface area (Å²) in [6, 6.07) is 18.5. The number of hydrogen-bond donors (Lipinski definition) is 2. The third kappa shape index (κ3) is 4.93. The van der Waals surface area contributed by atoms with Crippen LogP contribution in [0.2, 0.25) is 0 Å². The van der Waals surface area contributed by atoms with Gasteiger partial charge in [0, 0.05) is 12.2 Å². The van der Waals surface area contributed by atoms with Crippen LogP contribution >= 0.6 is 0 Å². The van der Waals surface area contributed by atoms with Crippen molar-refractivity contribution in [3.63, 3.8) is 0 Å². The van der Waals surface area contributed by atoms with Crippen molar-refractivity contribution in [3.05, 3.63) is 65.7 Å². The Morgan fingerprint density at radius 2 is 1.62 bits per heavy atom. The Kier molecular flexibility index (Phi) is 6.02. The highest BCUT2D eigenvalue weighted by molar-refractivity contribution is 5.92. The van der Waals surface area contributed by atoms with Gasteiger partial charge in [0.2, 0.25) is 5.91 Å². The molecule has 1 saturated carbocycles. The van der Waals surface area contributed by atoms with E-state index in [1.165, 1.54) is 43.2 Å². The van der Waals surface area contributed by atoms with Crippen LogP contribution in [-0.4, -0.2) is 12.5 Å². The average Bonchev–Trinajstić information content (AvgIpc) is 2.64. The van der Waals surface area contributed by atoms with Crippen LogP contribution in [0.1, 0.15) is 49.1 Å². The van der Waals surface area contributed by atoms with E-state index in [9.17, 15) is 4.79 Å². The molecule has 0 aromatic heterocycles. The van der Waals surface area contributed by atoms with Gasteiger partial charge in [-0.25, -0.2) is 0 Å². The second-order valence-electron chi connectivity index (χ2n) is 6.59. The molecule has 0 spiro atoms. The summed E-state index contributed by atoms with van der Waals surface area (Å²) in [4.78, 5) is 12.0. The van der Waals surface area contributed by atoms with Crippen LogP contribution in [0.4, 0.5) is 5.69 Å².